The first-order chi connectivity index (χ1) is 8.13. The van der Waals surface area contributed by atoms with Gasteiger partial charge in [-0.25, -0.2) is 4.98 Å². The molecule has 1 heterocycles. The zero-order valence-corrected chi connectivity index (χ0v) is 11.2. The summed E-state index contributed by atoms with van der Waals surface area (Å²) in [5.74, 6) is 0.647. The quantitative estimate of drug-likeness (QED) is 0.738. The Hall–Kier alpha value is -1.29. The van der Waals surface area contributed by atoms with Crippen LogP contribution in [0.2, 0.25) is 0 Å². The maximum Gasteiger partial charge on any atom is 0.214 e. The van der Waals surface area contributed by atoms with Gasteiger partial charge in [0.05, 0.1) is 7.11 Å². The van der Waals surface area contributed by atoms with Crippen LogP contribution in [0.5, 0.6) is 5.88 Å². The third-order valence-corrected chi connectivity index (χ3v) is 2.84. The van der Waals surface area contributed by atoms with Gasteiger partial charge in [-0.15, -0.1) is 0 Å². The number of pyridine rings is 1. The van der Waals surface area contributed by atoms with Gasteiger partial charge in [0.1, 0.15) is 0 Å². The van der Waals surface area contributed by atoms with Crippen molar-refractivity contribution in [3.8, 4) is 5.88 Å². The molecule has 1 rings (SSSR count). The molecule has 0 aliphatic heterocycles. The van der Waals surface area contributed by atoms with E-state index in [0.717, 1.165) is 25.2 Å². The summed E-state index contributed by atoms with van der Waals surface area (Å²) in [6.45, 7) is 6.49. The lowest BCUT2D eigenvalue weighted by Crippen LogP contribution is -2.28. The predicted molar refractivity (Wildman–Crippen MR) is 71.7 cm³/mol. The van der Waals surface area contributed by atoms with Crippen LogP contribution in [0.25, 0.3) is 0 Å². The molecular weight excluding hydrogens is 214 g/mol. The van der Waals surface area contributed by atoms with Gasteiger partial charge in [-0.3, -0.25) is 0 Å². The van der Waals surface area contributed by atoms with Crippen LogP contribution in [0.4, 0.5) is 5.69 Å². The first-order valence-electron chi connectivity index (χ1n) is 6.07. The minimum absolute atomic E-state index is 0.607. The number of rotatable bonds is 7. The monoisotopic (exact) mass is 237 g/mol. The second kappa shape index (κ2) is 7.12. The second-order valence-corrected chi connectivity index (χ2v) is 4.44. The summed E-state index contributed by atoms with van der Waals surface area (Å²) in [5.41, 5.74) is 1.06. The highest BCUT2D eigenvalue weighted by Gasteiger charge is 2.02. The Bertz CT molecular complexity index is 328. The maximum absolute atomic E-state index is 5.07. The summed E-state index contributed by atoms with van der Waals surface area (Å²) in [6, 6.07) is 4.47. The predicted octanol–water partition coefficient (Wildman–Crippen LogP) is 2.23. The molecule has 0 fully saturated rings. The smallest absolute Gasteiger partial charge is 0.214 e. The van der Waals surface area contributed by atoms with E-state index in [0.29, 0.717) is 11.9 Å². The number of ether oxygens (including phenoxy) is 1. The zero-order chi connectivity index (χ0) is 12.7. The van der Waals surface area contributed by atoms with Crippen LogP contribution in [-0.2, 0) is 0 Å². The normalized spacial score (nSPS) is 10.9. The molecule has 0 unspecified atom stereocenters. The average Bonchev–Trinajstić information content (AvgIpc) is 2.34. The Balaban J connectivity index is 2.26. The number of hydrogen-bond donors (Lipinski definition) is 1. The molecule has 0 atom stereocenters. The van der Waals surface area contributed by atoms with Crippen molar-refractivity contribution >= 4 is 5.69 Å². The maximum atomic E-state index is 5.07. The first-order valence-corrected chi connectivity index (χ1v) is 6.07. The van der Waals surface area contributed by atoms with Gasteiger partial charge in [-0.1, -0.05) is 0 Å². The second-order valence-electron chi connectivity index (χ2n) is 4.44. The fraction of sp³-hybridized carbons (Fsp3) is 0.615. The van der Waals surface area contributed by atoms with Crippen molar-refractivity contribution in [2.45, 2.75) is 26.3 Å². The van der Waals surface area contributed by atoms with Crippen LogP contribution >= 0.6 is 0 Å². The highest BCUT2D eigenvalue weighted by atomic mass is 16.5. The average molecular weight is 237 g/mol. The van der Waals surface area contributed by atoms with Crippen LogP contribution in [0.15, 0.2) is 18.3 Å². The van der Waals surface area contributed by atoms with Crippen LogP contribution in [-0.4, -0.2) is 43.2 Å². The third-order valence-electron chi connectivity index (χ3n) is 2.84. The first kappa shape index (κ1) is 13.8. The van der Waals surface area contributed by atoms with E-state index in [1.54, 1.807) is 13.3 Å². The van der Waals surface area contributed by atoms with Crippen LogP contribution in [0.3, 0.4) is 0 Å². The molecule has 0 bridgehead atoms. The molecule has 1 aromatic heterocycles. The molecule has 4 nitrogen and oxygen atoms in total. The topological polar surface area (TPSA) is 37.4 Å². The molecule has 17 heavy (non-hydrogen) atoms. The standard InChI is InChI=1S/C13H23N3O/c1-11(2)16(3)9-5-7-14-12-6-8-15-13(10-12)17-4/h6,8,10-11H,5,7,9H2,1-4H3,(H,14,15). The molecule has 0 saturated heterocycles. The van der Waals surface area contributed by atoms with E-state index >= 15 is 0 Å². The van der Waals surface area contributed by atoms with E-state index in [9.17, 15) is 0 Å². The number of methoxy groups -OCH3 is 1. The Kier molecular flexibility index (Phi) is 5.77. The van der Waals surface area contributed by atoms with E-state index < -0.39 is 0 Å². The number of nitrogens with zero attached hydrogens (tertiary/aromatic N) is 2. The van der Waals surface area contributed by atoms with Gasteiger partial charge >= 0.3 is 0 Å². The third kappa shape index (κ3) is 5.04. The molecule has 0 saturated carbocycles. The van der Waals surface area contributed by atoms with E-state index in [1.165, 1.54) is 0 Å². The summed E-state index contributed by atoms with van der Waals surface area (Å²) < 4.78 is 5.07. The summed E-state index contributed by atoms with van der Waals surface area (Å²) in [7, 11) is 3.78. The van der Waals surface area contributed by atoms with Gasteiger partial charge in [0.25, 0.3) is 0 Å². The van der Waals surface area contributed by atoms with Gasteiger partial charge in [-0.05, 0) is 39.9 Å². The van der Waals surface area contributed by atoms with Gasteiger partial charge in [0.2, 0.25) is 5.88 Å². The number of hydrogen-bond acceptors (Lipinski definition) is 4. The van der Waals surface area contributed by atoms with Crippen molar-refractivity contribution in [3.05, 3.63) is 18.3 Å². The molecular formula is C13H23N3O. The lowest BCUT2D eigenvalue weighted by atomic mass is 10.3. The molecule has 0 aliphatic carbocycles. The van der Waals surface area contributed by atoms with Crippen molar-refractivity contribution in [2.75, 3.05) is 32.6 Å². The van der Waals surface area contributed by atoms with Gasteiger partial charge < -0.3 is 15.0 Å². The fourth-order valence-corrected chi connectivity index (χ4v) is 1.45. The van der Waals surface area contributed by atoms with Crippen molar-refractivity contribution in [1.82, 2.24) is 9.88 Å². The molecule has 1 N–H and O–H groups in total. The lowest BCUT2D eigenvalue weighted by molar-refractivity contribution is 0.273. The molecule has 0 amide bonds. The zero-order valence-electron chi connectivity index (χ0n) is 11.2. The molecule has 4 heteroatoms. The van der Waals surface area contributed by atoms with Crippen molar-refractivity contribution < 1.29 is 4.74 Å². The van der Waals surface area contributed by atoms with Crippen molar-refractivity contribution in [3.63, 3.8) is 0 Å². The van der Waals surface area contributed by atoms with E-state index in [2.05, 4.69) is 36.1 Å². The largest absolute Gasteiger partial charge is 0.481 e. The summed E-state index contributed by atoms with van der Waals surface area (Å²) in [6.07, 6.45) is 2.88. The van der Waals surface area contributed by atoms with E-state index in [1.807, 2.05) is 12.1 Å². The Morgan fingerprint density at radius 1 is 1.47 bits per heavy atom. The number of aromatic nitrogens is 1. The molecule has 0 spiro atoms. The summed E-state index contributed by atoms with van der Waals surface area (Å²) in [5, 5.41) is 3.37. The number of nitrogens with one attached hydrogen (secondary N) is 1. The fourth-order valence-electron chi connectivity index (χ4n) is 1.45. The van der Waals surface area contributed by atoms with Gasteiger partial charge in [0.15, 0.2) is 0 Å². The lowest BCUT2D eigenvalue weighted by Gasteiger charge is -2.20. The van der Waals surface area contributed by atoms with E-state index in [-0.39, 0.29) is 0 Å². The highest BCUT2D eigenvalue weighted by Crippen LogP contribution is 2.13. The SMILES string of the molecule is COc1cc(NCCCN(C)C(C)C)ccn1. The highest BCUT2D eigenvalue weighted by molar-refractivity contribution is 5.44. The van der Waals surface area contributed by atoms with Gasteiger partial charge in [-0.2, -0.15) is 0 Å². The minimum atomic E-state index is 0.607. The molecule has 0 aliphatic rings. The number of anilines is 1. The molecule has 0 radical (unpaired) electrons. The molecule has 0 aromatic carbocycles. The summed E-state index contributed by atoms with van der Waals surface area (Å²) >= 11 is 0. The van der Waals surface area contributed by atoms with Crippen LogP contribution in [0, 0.1) is 0 Å². The molecule has 96 valence electrons. The van der Waals surface area contributed by atoms with Gasteiger partial charge in [0, 0.05) is 30.5 Å². The van der Waals surface area contributed by atoms with Crippen molar-refractivity contribution in [1.29, 1.82) is 0 Å². The van der Waals surface area contributed by atoms with Crippen LogP contribution < -0.4 is 10.1 Å². The van der Waals surface area contributed by atoms with E-state index in [4.69, 9.17) is 4.74 Å². The van der Waals surface area contributed by atoms with Crippen LogP contribution in [0.1, 0.15) is 20.3 Å². The Labute approximate surface area is 104 Å². The summed E-state index contributed by atoms with van der Waals surface area (Å²) in [4.78, 5) is 6.41. The molecule has 1 aromatic rings. The van der Waals surface area contributed by atoms with Crippen molar-refractivity contribution in [2.24, 2.45) is 0 Å². The Morgan fingerprint density at radius 2 is 2.24 bits per heavy atom. The Morgan fingerprint density at radius 3 is 2.88 bits per heavy atom. The minimum Gasteiger partial charge on any atom is -0.481 e.